The van der Waals surface area contributed by atoms with Crippen LogP contribution in [0.2, 0.25) is 0 Å². The van der Waals surface area contributed by atoms with Gasteiger partial charge in [0.15, 0.2) is 0 Å². The van der Waals surface area contributed by atoms with E-state index in [1.807, 2.05) is 72.8 Å². The van der Waals surface area contributed by atoms with Gasteiger partial charge in [-0.3, -0.25) is 4.79 Å². The predicted molar refractivity (Wildman–Crippen MR) is 114 cm³/mol. The van der Waals surface area contributed by atoms with E-state index < -0.39 is 5.60 Å². The largest absolute Gasteiger partial charge is 0.388 e. The minimum atomic E-state index is -0.928. The molecule has 144 valence electrons. The number of hydrogen-bond acceptors (Lipinski definition) is 2. The molecule has 0 aromatic heterocycles. The summed E-state index contributed by atoms with van der Waals surface area (Å²) in [6.45, 7) is 2.02. The molecule has 0 saturated carbocycles. The van der Waals surface area contributed by atoms with Crippen molar-refractivity contribution in [2.24, 2.45) is 0 Å². The first-order chi connectivity index (χ1) is 13.5. The molecule has 1 amide bonds. The maximum Gasteiger partial charge on any atom is 0.224 e. The highest BCUT2D eigenvalue weighted by Gasteiger charge is 2.21. The number of carbonyl (C=O) groups excluding carboxylic acids is 1. The van der Waals surface area contributed by atoms with Crippen molar-refractivity contribution in [3.05, 3.63) is 96.1 Å². The average Bonchev–Trinajstić information content (AvgIpc) is 2.73. The predicted octanol–water partition coefficient (Wildman–Crippen LogP) is 4.40. The van der Waals surface area contributed by atoms with Gasteiger partial charge < -0.3 is 10.4 Å². The molecule has 28 heavy (non-hydrogen) atoms. The third-order valence-electron chi connectivity index (χ3n) is 4.89. The van der Waals surface area contributed by atoms with Gasteiger partial charge in [0.1, 0.15) is 0 Å². The monoisotopic (exact) mass is 373 g/mol. The Hall–Kier alpha value is -2.91. The molecule has 1 unspecified atom stereocenters. The summed E-state index contributed by atoms with van der Waals surface area (Å²) in [4.78, 5) is 12.3. The first-order valence-electron chi connectivity index (χ1n) is 9.69. The second kappa shape index (κ2) is 9.34. The van der Waals surface area contributed by atoms with Crippen LogP contribution >= 0.6 is 0 Å². The minimum absolute atomic E-state index is 0.0764. The van der Waals surface area contributed by atoms with E-state index in [1.165, 1.54) is 5.56 Å². The standard InChI is InChI=1S/C25H27NO2/c1-25(28,17-16-20-8-4-2-5-9-20)19-26-24(27)18-21-12-14-23(15-13-21)22-10-6-3-7-11-22/h2-15,28H,16-19H2,1H3,(H,26,27). The zero-order valence-electron chi connectivity index (χ0n) is 16.3. The maximum atomic E-state index is 12.3. The van der Waals surface area contributed by atoms with Gasteiger partial charge in [-0.05, 0) is 42.0 Å². The SMILES string of the molecule is CC(O)(CCc1ccccc1)CNC(=O)Cc1ccc(-c2ccccc2)cc1. The lowest BCUT2D eigenvalue weighted by molar-refractivity contribution is -0.121. The lowest BCUT2D eigenvalue weighted by atomic mass is 9.96. The van der Waals surface area contributed by atoms with E-state index >= 15 is 0 Å². The van der Waals surface area contributed by atoms with Crippen LogP contribution in [0.15, 0.2) is 84.9 Å². The molecule has 0 bridgehead atoms. The van der Waals surface area contributed by atoms with Crippen molar-refractivity contribution in [2.75, 3.05) is 6.54 Å². The molecule has 3 heteroatoms. The maximum absolute atomic E-state index is 12.3. The van der Waals surface area contributed by atoms with E-state index in [2.05, 4.69) is 17.4 Å². The van der Waals surface area contributed by atoms with E-state index in [1.54, 1.807) is 6.92 Å². The molecule has 1 atom stereocenters. The van der Waals surface area contributed by atoms with E-state index in [0.717, 1.165) is 23.1 Å². The fraction of sp³-hybridized carbons (Fsp3) is 0.240. The van der Waals surface area contributed by atoms with Gasteiger partial charge in [-0.2, -0.15) is 0 Å². The van der Waals surface area contributed by atoms with Crippen LogP contribution in [0.4, 0.5) is 0 Å². The molecular weight excluding hydrogens is 346 g/mol. The average molecular weight is 373 g/mol. The first-order valence-corrected chi connectivity index (χ1v) is 9.69. The normalized spacial score (nSPS) is 12.9. The molecule has 0 fully saturated rings. The van der Waals surface area contributed by atoms with Crippen LogP contribution in [-0.2, 0) is 17.6 Å². The van der Waals surface area contributed by atoms with Crippen LogP contribution in [0.3, 0.4) is 0 Å². The Bertz CT molecular complexity index is 871. The molecule has 0 spiro atoms. The Morgan fingerprint density at radius 3 is 2.04 bits per heavy atom. The van der Waals surface area contributed by atoms with Gasteiger partial charge in [-0.15, -0.1) is 0 Å². The molecule has 3 nitrogen and oxygen atoms in total. The molecule has 0 aliphatic rings. The minimum Gasteiger partial charge on any atom is -0.388 e. The van der Waals surface area contributed by atoms with Crippen molar-refractivity contribution in [3.8, 4) is 11.1 Å². The Morgan fingerprint density at radius 1 is 0.821 bits per heavy atom. The van der Waals surface area contributed by atoms with Crippen molar-refractivity contribution in [1.29, 1.82) is 0 Å². The molecule has 3 aromatic rings. The number of rotatable bonds is 8. The van der Waals surface area contributed by atoms with Gasteiger partial charge >= 0.3 is 0 Å². The summed E-state index contributed by atoms with van der Waals surface area (Å²) in [5.41, 5.74) is 3.51. The lowest BCUT2D eigenvalue weighted by Crippen LogP contribution is -2.41. The van der Waals surface area contributed by atoms with Crippen molar-refractivity contribution >= 4 is 5.91 Å². The summed E-state index contributed by atoms with van der Waals surface area (Å²) in [7, 11) is 0. The smallest absolute Gasteiger partial charge is 0.224 e. The molecule has 0 radical (unpaired) electrons. The van der Waals surface area contributed by atoms with Crippen molar-refractivity contribution in [2.45, 2.75) is 31.8 Å². The highest BCUT2D eigenvalue weighted by atomic mass is 16.3. The topological polar surface area (TPSA) is 49.3 Å². The second-order valence-corrected chi connectivity index (χ2v) is 7.50. The number of nitrogens with one attached hydrogen (secondary N) is 1. The van der Waals surface area contributed by atoms with Crippen LogP contribution < -0.4 is 5.32 Å². The zero-order chi connectivity index (χ0) is 19.8. The van der Waals surface area contributed by atoms with Crippen LogP contribution in [0.1, 0.15) is 24.5 Å². The number of aliphatic hydroxyl groups is 1. The fourth-order valence-electron chi connectivity index (χ4n) is 3.13. The molecule has 2 N–H and O–H groups in total. The van der Waals surface area contributed by atoms with Crippen LogP contribution in [0.5, 0.6) is 0 Å². The molecule has 0 aliphatic carbocycles. The van der Waals surface area contributed by atoms with Gasteiger partial charge in [-0.1, -0.05) is 84.9 Å². The molecule has 3 rings (SSSR count). The molecule has 0 heterocycles. The van der Waals surface area contributed by atoms with Gasteiger partial charge in [-0.25, -0.2) is 0 Å². The highest BCUT2D eigenvalue weighted by molar-refractivity contribution is 5.79. The fourth-order valence-corrected chi connectivity index (χ4v) is 3.13. The van der Waals surface area contributed by atoms with Gasteiger partial charge in [0.05, 0.1) is 12.0 Å². The van der Waals surface area contributed by atoms with Crippen molar-refractivity contribution < 1.29 is 9.90 Å². The Morgan fingerprint density at radius 2 is 1.39 bits per heavy atom. The Labute approximate surface area is 167 Å². The van der Waals surface area contributed by atoms with Crippen LogP contribution in [0, 0.1) is 0 Å². The van der Waals surface area contributed by atoms with Crippen molar-refractivity contribution in [3.63, 3.8) is 0 Å². The summed E-state index contributed by atoms with van der Waals surface area (Å²) in [6.07, 6.45) is 1.69. The van der Waals surface area contributed by atoms with E-state index in [4.69, 9.17) is 0 Å². The summed E-state index contributed by atoms with van der Waals surface area (Å²) < 4.78 is 0. The molecule has 0 saturated heterocycles. The summed E-state index contributed by atoms with van der Waals surface area (Å²) in [6, 6.07) is 28.3. The van der Waals surface area contributed by atoms with Crippen LogP contribution in [0.25, 0.3) is 11.1 Å². The van der Waals surface area contributed by atoms with Gasteiger partial charge in [0.25, 0.3) is 0 Å². The summed E-state index contributed by atoms with van der Waals surface area (Å²) >= 11 is 0. The number of amides is 1. The zero-order valence-corrected chi connectivity index (χ0v) is 16.3. The highest BCUT2D eigenvalue weighted by Crippen LogP contribution is 2.19. The second-order valence-electron chi connectivity index (χ2n) is 7.50. The summed E-state index contributed by atoms with van der Waals surface area (Å²) in [5.74, 6) is -0.0764. The van der Waals surface area contributed by atoms with E-state index in [9.17, 15) is 9.90 Å². The Kier molecular flexibility index (Phi) is 6.62. The van der Waals surface area contributed by atoms with Crippen molar-refractivity contribution in [1.82, 2.24) is 5.32 Å². The number of aryl methyl sites for hydroxylation is 1. The van der Waals surface area contributed by atoms with Crippen LogP contribution in [-0.4, -0.2) is 23.2 Å². The quantitative estimate of drug-likeness (QED) is 0.615. The van der Waals surface area contributed by atoms with Gasteiger partial charge in [0, 0.05) is 6.54 Å². The third-order valence-corrected chi connectivity index (χ3v) is 4.89. The number of benzene rings is 3. The van der Waals surface area contributed by atoms with E-state index in [0.29, 0.717) is 12.8 Å². The number of hydrogen-bond donors (Lipinski definition) is 2. The molecule has 0 aliphatic heterocycles. The molecular formula is C25H27NO2. The lowest BCUT2D eigenvalue weighted by Gasteiger charge is -2.23. The summed E-state index contributed by atoms with van der Waals surface area (Å²) in [5, 5.41) is 13.4. The third kappa shape index (κ3) is 6.07. The first kappa shape index (κ1) is 19.8. The number of carbonyl (C=O) groups is 1. The van der Waals surface area contributed by atoms with E-state index in [-0.39, 0.29) is 12.5 Å². The van der Waals surface area contributed by atoms with Gasteiger partial charge in [0.2, 0.25) is 5.91 Å². The Balaban J connectivity index is 1.47. The molecule has 3 aromatic carbocycles.